The van der Waals surface area contributed by atoms with Crippen LogP contribution in [0.3, 0.4) is 0 Å². The summed E-state index contributed by atoms with van der Waals surface area (Å²) in [4.78, 5) is 5.41. The zero-order valence-electron chi connectivity index (χ0n) is 10.9. The summed E-state index contributed by atoms with van der Waals surface area (Å²) in [5.74, 6) is -0.0345. The molecular formula is C13H18FNO3S. The molecule has 6 heteroatoms. The molecule has 0 aliphatic carbocycles. The van der Waals surface area contributed by atoms with Crippen LogP contribution >= 0.6 is 0 Å². The molecular weight excluding hydrogens is 269 g/mol. The number of aryl methyl sites for hydroxylation is 1. The van der Waals surface area contributed by atoms with Crippen molar-refractivity contribution in [2.75, 3.05) is 24.7 Å². The molecule has 1 heterocycles. The van der Waals surface area contributed by atoms with Crippen molar-refractivity contribution >= 4 is 9.84 Å². The Labute approximate surface area is 113 Å². The molecule has 1 fully saturated rings. The van der Waals surface area contributed by atoms with E-state index in [0.29, 0.717) is 25.1 Å². The minimum atomic E-state index is -2.99. The van der Waals surface area contributed by atoms with Gasteiger partial charge in [-0.15, -0.1) is 0 Å². The monoisotopic (exact) mass is 287 g/mol. The maximum Gasteiger partial charge on any atom is 0.153 e. The van der Waals surface area contributed by atoms with Crippen LogP contribution in [-0.4, -0.2) is 38.1 Å². The van der Waals surface area contributed by atoms with Gasteiger partial charge in [0, 0.05) is 13.1 Å². The summed E-state index contributed by atoms with van der Waals surface area (Å²) in [6.45, 7) is 2.91. The lowest BCUT2D eigenvalue weighted by Gasteiger charge is -2.19. The quantitative estimate of drug-likeness (QED) is 0.846. The molecule has 106 valence electrons. The highest BCUT2D eigenvalue weighted by molar-refractivity contribution is 7.91. The van der Waals surface area contributed by atoms with E-state index in [0.717, 1.165) is 5.56 Å². The minimum Gasteiger partial charge on any atom is -0.298 e. The molecule has 1 aromatic rings. The van der Waals surface area contributed by atoms with Crippen molar-refractivity contribution in [3.05, 3.63) is 35.1 Å². The molecule has 1 aliphatic rings. The van der Waals surface area contributed by atoms with E-state index in [4.69, 9.17) is 4.84 Å². The molecule has 0 radical (unpaired) electrons. The highest BCUT2D eigenvalue weighted by atomic mass is 32.2. The van der Waals surface area contributed by atoms with Gasteiger partial charge in [0.1, 0.15) is 5.82 Å². The minimum absolute atomic E-state index is 0.0626. The van der Waals surface area contributed by atoms with Gasteiger partial charge in [-0.3, -0.25) is 4.84 Å². The van der Waals surface area contributed by atoms with Crippen LogP contribution < -0.4 is 0 Å². The molecule has 0 aromatic heterocycles. The predicted molar refractivity (Wildman–Crippen MR) is 70.8 cm³/mol. The van der Waals surface area contributed by atoms with Crippen LogP contribution in [0.5, 0.6) is 0 Å². The molecule has 1 aliphatic heterocycles. The van der Waals surface area contributed by atoms with E-state index in [1.165, 1.54) is 6.07 Å². The van der Waals surface area contributed by atoms with Crippen LogP contribution in [0.25, 0.3) is 0 Å². The molecule has 0 unspecified atom stereocenters. The Balaban J connectivity index is 2.05. The summed E-state index contributed by atoms with van der Waals surface area (Å²) >= 11 is 0. The van der Waals surface area contributed by atoms with Crippen molar-refractivity contribution < 1.29 is 17.6 Å². The largest absolute Gasteiger partial charge is 0.298 e. The van der Waals surface area contributed by atoms with Gasteiger partial charge >= 0.3 is 0 Å². The fourth-order valence-electron chi connectivity index (χ4n) is 2.03. The Kier molecular flexibility index (Phi) is 4.54. The first-order valence-electron chi connectivity index (χ1n) is 6.36. The summed E-state index contributed by atoms with van der Waals surface area (Å²) in [7, 11) is -2.99. The SMILES string of the molecule is CCc1cc(CN2CCS(=O)(=O)CCO2)ccc1F. The van der Waals surface area contributed by atoms with Gasteiger partial charge in [-0.2, -0.15) is 5.06 Å². The van der Waals surface area contributed by atoms with E-state index in [2.05, 4.69) is 0 Å². The van der Waals surface area contributed by atoms with Crippen LogP contribution in [0.2, 0.25) is 0 Å². The topological polar surface area (TPSA) is 46.6 Å². The van der Waals surface area contributed by atoms with Crippen molar-refractivity contribution in [3.8, 4) is 0 Å². The molecule has 19 heavy (non-hydrogen) atoms. The molecule has 0 amide bonds. The van der Waals surface area contributed by atoms with Gasteiger partial charge in [-0.25, -0.2) is 12.8 Å². The summed E-state index contributed by atoms with van der Waals surface area (Å²) < 4.78 is 36.3. The third kappa shape index (κ3) is 3.99. The van der Waals surface area contributed by atoms with E-state index in [1.54, 1.807) is 17.2 Å². The molecule has 1 saturated heterocycles. The third-order valence-electron chi connectivity index (χ3n) is 3.17. The van der Waals surface area contributed by atoms with Gasteiger partial charge in [0.2, 0.25) is 0 Å². The maximum absolute atomic E-state index is 13.4. The predicted octanol–water partition coefficient (Wildman–Crippen LogP) is 1.55. The number of hydrogen-bond acceptors (Lipinski definition) is 4. The van der Waals surface area contributed by atoms with E-state index in [1.807, 2.05) is 6.92 Å². The molecule has 2 rings (SSSR count). The maximum atomic E-state index is 13.4. The number of nitrogens with zero attached hydrogens (tertiary/aromatic N) is 1. The standard InChI is InChI=1S/C13H18FNO3S/c1-2-12-9-11(3-4-13(12)14)10-15-5-7-19(16,17)8-6-18-15/h3-4,9H,2,5-8,10H2,1H3. The van der Waals surface area contributed by atoms with Crippen molar-refractivity contribution in [1.29, 1.82) is 0 Å². The van der Waals surface area contributed by atoms with E-state index in [9.17, 15) is 12.8 Å². The van der Waals surface area contributed by atoms with Crippen LogP contribution in [0.15, 0.2) is 18.2 Å². The van der Waals surface area contributed by atoms with Crippen LogP contribution in [0.1, 0.15) is 18.1 Å². The van der Waals surface area contributed by atoms with Crippen molar-refractivity contribution in [1.82, 2.24) is 5.06 Å². The second-order valence-electron chi connectivity index (χ2n) is 4.63. The molecule has 0 N–H and O–H groups in total. The molecule has 1 aromatic carbocycles. The van der Waals surface area contributed by atoms with E-state index >= 15 is 0 Å². The molecule has 0 spiro atoms. The molecule has 4 nitrogen and oxygen atoms in total. The second-order valence-corrected chi connectivity index (χ2v) is 6.93. The number of sulfone groups is 1. The fraction of sp³-hybridized carbons (Fsp3) is 0.538. The highest BCUT2D eigenvalue weighted by Crippen LogP contribution is 2.14. The van der Waals surface area contributed by atoms with Gasteiger partial charge in [0.05, 0.1) is 18.1 Å². The summed E-state index contributed by atoms with van der Waals surface area (Å²) in [6, 6.07) is 4.96. The van der Waals surface area contributed by atoms with Crippen LogP contribution in [-0.2, 0) is 27.6 Å². The number of hydrogen-bond donors (Lipinski definition) is 0. The smallest absolute Gasteiger partial charge is 0.153 e. The van der Waals surface area contributed by atoms with E-state index in [-0.39, 0.29) is 23.9 Å². The summed E-state index contributed by atoms with van der Waals surface area (Å²) in [5, 5.41) is 1.64. The Bertz CT molecular complexity index is 545. The third-order valence-corrected chi connectivity index (χ3v) is 4.76. The zero-order chi connectivity index (χ0) is 13.9. The lowest BCUT2D eigenvalue weighted by molar-refractivity contribution is -0.154. The zero-order valence-corrected chi connectivity index (χ0v) is 11.7. The Morgan fingerprint density at radius 2 is 2.16 bits per heavy atom. The average Bonchev–Trinajstić information content (AvgIpc) is 2.53. The molecule has 0 saturated carbocycles. The number of hydroxylamine groups is 2. The molecule has 0 bridgehead atoms. The summed E-state index contributed by atoms with van der Waals surface area (Å²) in [5.41, 5.74) is 1.59. The molecule has 0 atom stereocenters. The number of halogens is 1. The summed E-state index contributed by atoms with van der Waals surface area (Å²) in [6.07, 6.45) is 0.634. The second kappa shape index (κ2) is 5.98. The normalized spacial score (nSPS) is 20.1. The van der Waals surface area contributed by atoms with Crippen molar-refractivity contribution in [3.63, 3.8) is 0 Å². The van der Waals surface area contributed by atoms with Gasteiger partial charge in [0.15, 0.2) is 9.84 Å². The van der Waals surface area contributed by atoms with Gasteiger partial charge in [-0.05, 0) is 23.6 Å². The Morgan fingerprint density at radius 3 is 2.89 bits per heavy atom. The van der Waals surface area contributed by atoms with Gasteiger partial charge in [-0.1, -0.05) is 19.1 Å². The highest BCUT2D eigenvalue weighted by Gasteiger charge is 2.20. The fourth-order valence-corrected chi connectivity index (χ4v) is 3.04. The lowest BCUT2D eigenvalue weighted by atomic mass is 10.1. The Hall–Kier alpha value is -0.980. The van der Waals surface area contributed by atoms with Gasteiger partial charge < -0.3 is 0 Å². The first-order chi connectivity index (χ1) is 9.00. The van der Waals surface area contributed by atoms with Crippen LogP contribution in [0, 0.1) is 5.82 Å². The Morgan fingerprint density at radius 1 is 1.37 bits per heavy atom. The lowest BCUT2D eigenvalue weighted by Crippen LogP contribution is -2.25. The first-order valence-corrected chi connectivity index (χ1v) is 8.18. The average molecular weight is 287 g/mol. The van der Waals surface area contributed by atoms with E-state index < -0.39 is 9.84 Å². The van der Waals surface area contributed by atoms with Crippen LogP contribution in [0.4, 0.5) is 4.39 Å². The van der Waals surface area contributed by atoms with Crippen molar-refractivity contribution in [2.45, 2.75) is 19.9 Å². The number of rotatable bonds is 3. The first kappa shape index (κ1) is 14.4. The van der Waals surface area contributed by atoms with Crippen molar-refractivity contribution in [2.24, 2.45) is 0 Å². The number of benzene rings is 1. The van der Waals surface area contributed by atoms with Gasteiger partial charge in [0.25, 0.3) is 0 Å².